The molecule has 0 aromatic rings. The normalized spacial score (nSPS) is 46.3. The fourth-order valence-electron chi connectivity index (χ4n) is 1.92. The zero-order chi connectivity index (χ0) is 9.38. The van der Waals surface area contributed by atoms with Crippen molar-refractivity contribution in [2.75, 3.05) is 11.5 Å². The van der Waals surface area contributed by atoms with Gasteiger partial charge in [0.2, 0.25) is 0 Å². The molecule has 3 fully saturated rings. The molecule has 3 aliphatic rings. The summed E-state index contributed by atoms with van der Waals surface area (Å²) in [5.41, 5.74) is 0. The van der Waals surface area contributed by atoms with Crippen molar-refractivity contribution in [1.29, 1.82) is 0 Å². The monoisotopic (exact) mass is 460 g/mol. The van der Waals surface area contributed by atoms with E-state index in [0.29, 0.717) is 41.8 Å². The number of rotatable bonds is 4. The molecule has 3 aliphatic heterocycles. The van der Waals surface area contributed by atoms with Gasteiger partial charge in [-0.25, -0.2) is 0 Å². The molecule has 0 N–H and O–H groups in total. The van der Waals surface area contributed by atoms with E-state index in [9.17, 15) is 0 Å². The summed E-state index contributed by atoms with van der Waals surface area (Å²) in [4.78, 5) is 0. The Balaban J connectivity index is 1.44. The third-order valence-corrected chi connectivity index (χ3v) is 16.8. The first-order chi connectivity index (χ1) is 6.90. The molecule has 0 saturated carbocycles. The van der Waals surface area contributed by atoms with Crippen molar-refractivity contribution in [1.82, 2.24) is 0 Å². The molecule has 0 spiro atoms. The van der Waals surface area contributed by atoms with Gasteiger partial charge in [0.1, 0.15) is 0 Å². The summed E-state index contributed by atoms with van der Waals surface area (Å²) in [5.74, 6) is 3.01. The minimum absolute atomic E-state index is 0.418. The molecule has 3 rings (SSSR count). The molecule has 0 aliphatic carbocycles. The molecule has 80 valence electrons. The van der Waals surface area contributed by atoms with Gasteiger partial charge >= 0.3 is 117 Å². The molecule has 0 radical (unpaired) electrons. The van der Waals surface area contributed by atoms with Crippen LogP contribution in [0.3, 0.4) is 0 Å². The first-order valence-electron chi connectivity index (χ1n) is 5.36. The van der Waals surface area contributed by atoms with Crippen LogP contribution in [0.1, 0.15) is 12.8 Å². The second-order valence-electron chi connectivity index (χ2n) is 4.30. The van der Waals surface area contributed by atoms with Crippen molar-refractivity contribution in [3.8, 4) is 0 Å². The third-order valence-electron chi connectivity index (χ3n) is 2.85. The average Bonchev–Trinajstić information content (AvgIpc) is 3.00. The van der Waals surface area contributed by atoms with Crippen LogP contribution >= 0.6 is 23.5 Å². The Hall–Kier alpha value is 2.28. The topological polar surface area (TPSA) is 0 Å². The Morgan fingerprint density at radius 2 is 1.43 bits per heavy atom. The molecule has 3 saturated heterocycles. The molecule has 0 aromatic heterocycles. The van der Waals surface area contributed by atoms with E-state index in [0.717, 1.165) is 10.5 Å². The van der Waals surface area contributed by atoms with Crippen LogP contribution < -0.4 is 0 Å². The molecule has 0 bridgehead atoms. The van der Waals surface area contributed by atoms with E-state index in [1.165, 1.54) is 19.4 Å². The molecule has 4 atom stereocenters. The molecule has 4 unspecified atom stereocenters. The van der Waals surface area contributed by atoms with Gasteiger partial charge < -0.3 is 0 Å². The van der Waals surface area contributed by atoms with Gasteiger partial charge in [0, 0.05) is 0 Å². The maximum absolute atomic E-state index is 2.22. The molecular weight excluding hydrogens is 439 g/mol. The van der Waals surface area contributed by atoms with E-state index < -0.39 is 0 Å². The summed E-state index contributed by atoms with van der Waals surface area (Å²) in [6, 6.07) is 0. The van der Waals surface area contributed by atoms with Crippen molar-refractivity contribution < 1.29 is 0 Å². The van der Waals surface area contributed by atoms with Crippen LogP contribution in [-0.2, 0) is 0 Å². The SMILES string of the molecule is C1SC1CC1C[Te]CC(CC2CS2)[Te]1. The van der Waals surface area contributed by atoms with Gasteiger partial charge in [-0.05, 0) is 0 Å². The van der Waals surface area contributed by atoms with E-state index in [-0.39, 0.29) is 0 Å². The summed E-state index contributed by atoms with van der Waals surface area (Å²) < 4.78 is 6.06. The maximum atomic E-state index is 2.22. The first-order valence-corrected chi connectivity index (χ1v) is 13.4. The summed E-state index contributed by atoms with van der Waals surface area (Å²) in [6.45, 7) is 0. The standard InChI is InChI=1S/C10H16S2Te2/c1(7-3-11-7)9-5-13-6-10(14-9)2-8-4-12-8/h7-10H,1-6H2. The van der Waals surface area contributed by atoms with Crippen LogP contribution in [0.4, 0.5) is 0 Å². The van der Waals surface area contributed by atoms with Gasteiger partial charge in [-0.15, -0.1) is 0 Å². The third kappa shape index (κ3) is 3.65. The molecular formula is C10H16S2Te2. The van der Waals surface area contributed by atoms with Gasteiger partial charge in [-0.1, -0.05) is 0 Å². The van der Waals surface area contributed by atoms with Crippen molar-refractivity contribution in [3.63, 3.8) is 0 Å². The Morgan fingerprint density at radius 3 is 1.86 bits per heavy atom. The second kappa shape index (κ2) is 5.28. The predicted molar refractivity (Wildman–Crippen MR) is 70.3 cm³/mol. The van der Waals surface area contributed by atoms with Crippen LogP contribution in [-0.4, -0.2) is 63.9 Å². The van der Waals surface area contributed by atoms with Crippen LogP contribution in [0.25, 0.3) is 0 Å². The van der Waals surface area contributed by atoms with E-state index in [1.807, 2.05) is 0 Å². The van der Waals surface area contributed by atoms with Crippen LogP contribution in [0.2, 0.25) is 16.9 Å². The first kappa shape index (κ1) is 11.4. The van der Waals surface area contributed by atoms with E-state index >= 15 is 0 Å². The Kier molecular flexibility index (Phi) is 4.29. The van der Waals surface area contributed by atoms with E-state index in [2.05, 4.69) is 23.5 Å². The molecule has 0 aromatic carbocycles. The Labute approximate surface area is 116 Å². The molecule has 4 heteroatoms. The van der Waals surface area contributed by atoms with Gasteiger partial charge in [0.25, 0.3) is 0 Å². The molecule has 3 heterocycles. The zero-order valence-electron chi connectivity index (χ0n) is 8.19. The number of hydrogen-bond acceptors (Lipinski definition) is 2. The van der Waals surface area contributed by atoms with Crippen LogP contribution in [0.15, 0.2) is 0 Å². The van der Waals surface area contributed by atoms with Crippen LogP contribution in [0.5, 0.6) is 0 Å². The Bertz CT molecular complexity index is 184. The molecule has 0 nitrogen and oxygen atoms in total. The fraction of sp³-hybridized carbons (Fsp3) is 1.00. The zero-order valence-corrected chi connectivity index (χ0v) is 14.5. The number of hydrogen-bond donors (Lipinski definition) is 0. The number of thioether (sulfide) groups is 2. The average molecular weight is 456 g/mol. The van der Waals surface area contributed by atoms with E-state index in [4.69, 9.17) is 0 Å². The fourth-order valence-corrected chi connectivity index (χ4v) is 17.3. The van der Waals surface area contributed by atoms with Gasteiger partial charge in [0.15, 0.2) is 0 Å². The van der Waals surface area contributed by atoms with Crippen molar-refractivity contribution in [3.05, 3.63) is 0 Å². The summed E-state index contributed by atoms with van der Waals surface area (Å²) >= 11 is 5.33. The minimum atomic E-state index is 0.418. The van der Waals surface area contributed by atoms with Gasteiger partial charge in [-0.3, -0.25) is 0 Å². The van der Waals surface area contributed by atoms with Crippen molar-refractivity contribution >= 4 is 65.4 Å². The quantitative estimate of drug-likeness (QED) is 0.472. The van der Waals surface area contributed by atoms with Crippen molar-refractivity contribution in [2.45, 2.75) is 40.2 Å². The molecule has 14 heavy (non-hydrogen) atoms. The summed E-state index contributed by atoms with van der Waals surface area (Å²) in [5, 5.41) is 2.26. The van der Waals surface area contributed by atoms with Gasteiger partial charge in [0.05, 0.1) is 0 Å². The van der Waals surface area contributed by atoms with Crippen LogP contribution in [0, 0.1) is 0 Å². The van der Waals surface area contributed by atoms with Crippen molar-refractivity contribution in [2.24, 2.45) is 0 Å². The molecule has 0 amide bonds. The van der Waals surface area contributed by atoms with E-state index in [1.54, 1.807) is 21.8 Å². The summed E-state index contributed by atoms with van der Waals surface area (Å²) in [6.07, 6.45) is 3.29. The second-order valence-corrected chi connectivity index (χ2v) is 14.6. The summed E-state index contributed by atoms with van der Waals surface area (Å²) in [7, 11) is 0. The predicted octanol–water partition coefficient (Wildman–Crippen LogP) is 2.83. The van der Waals surface area contributed by atoms with Gasteiger partial charge in [-0.2, -0.15) is 0 Å². The Morgan fingerprint density at radius 1 is 0.929 bits per heavy atom.